The van der Waals surface area contributed by atoms with E-state index in [1.54, 1.807) is 0 Å². The first kappa shape index (κ1) is 36.2. The van der Waals surface area contributed by atoms with E-state index in [0.717, 1.165) is 47.3 Å². The molecule has 0 aliphatic heterocycles. The van der Waals surface area contributed by atoms with Gasteiger partial charge in [-0.25, -0.2) is 0 Å². The average Bonchev–Trinajstić information content (AvgIpc) is 2.85. The van der Waals surface area contributed by atoms with E-state index in [1.807, 2.05) is 0 Å². The van der Waals surface area contributed by atoms with Gasteiger partial charge < -0.3 is 0 Å². The molecule has 0 nitrogen and oxygen atoms in total. The van der Waals surface area contributed by atoms with Crippen LogP contribution in [0.3, 0.4) is 0 Å². The van der Waals surface area contributed by atoms with Gasteiger partial charge in [0.05, 0.1) is 0 Å². The van der Waals surface area contributed by atoms with Crippen LogP contribution in [0, 0.1) is 58.2 Å². The van der Waals surface area contributed by atoms with E-state index in [0.29, 0.717) is 10.8 Å². The molecule has 2 aliphatic carbocycles. The number of hydrogen-bond donors (Lipinski definition) is 0. The van der Waals surface area contributed by atoms with Crippen LogP contribution in [-0.2, 0) is 0 Å². The Morgan fingerprint density at radius 3 is 1.10 bits per heavy atom. The van der Waals surface area contributed by atoms with Gasteiger partial charge in [0.2, 0.25) is 0 Å². The first-order valence-corrected chi connectivity index (χ1v) is 18.8. The topological polar surface area (TPSA) is 0 Å². The molecule has 0 unspecified atom stereocenters. The predicted octanol–water partition coefficient (Wildman–Crippen LogP) is 13.9. The average molecular weight is 559 g/mol. The molecule has 0 spiro atoms. The van der Waals surface area contributed by atoms with Gasteiger partial charge in [-0.1, -0.05) is 172 Å². The second-order valence-electron chi connectivity index (χ2n) is 17.7. The molecule has 0 heterocycles. The Kier molecular flexibility index (Phi) is 16.2. The highest BCUT2D eigenvalue weighted by Gasteiger charge is 2.37. The normalized spacial score (nSPS) is 29.6. The zero-order valence-corrected chi connectivity index (χ0v) is 29.8. The van der Waals surface area contributed by atoms with Gasteiger partial charge in [0.15, 0.2) is 0 Å². The fourth-order valence-electron chi connectivity index (χ4n) is 9.54. The molecular formula is C40H78. The standard InChI is InChI=1S/C40H78/c1-31(19-13-21-33(3)25-27-37-35(5)23-15-29-39(37,7)8)17-11-12-18-32(2)20-14-22-34(4)26-28-38-36(6)24-16-30-40(38,9)10/h31-38H,11-30H2,1-10H3/t31-,32+,33-,34+,35-,36-,37-,38+/m1/s1. The Balaban J connectivity index is 1.46. The van der Waals surface area contributed by atoms with Crippen LogP contribution < -0.4 is 0 Å². The highest BCUT2D eigenvalue weighted by atomic mass is 14.4. The number of rotatable bonds is 19. The van der Waals surface area contributed by atoms with Crippen molar-refractivity contribution in [3.8, 4) is 0 Å². The number of hydrogen-bond acceptors (Lipinski definition) is 0. The SMILES string of the molecule is C[C@H](CCCC[C@H](C)CCC[C@H](C)CC[C@H]1[C@H](C)CCCC1(C)C)CCC[C@@H](C)CC[C@@H]1[C@H](C)CCCC1(C)C. The molecule has 0 heteroatoms. The highest BCUT2D eigenvalue weighted by molar-refractivity contribution is 4.87. The molecule has 0 N–H and O–H groups in total. The predicted molar refractivity (Wildman–Crippen MR) is 182 cm³/mol. The van der Waals surface area contributed by atoms with E-state index >= 15 is 0 Å². The number of unbranched alkanes of at least 4 members (excludes halogenated alkanes) is 1. The van der Waals surface area contributed by atoms with Gasteiger partial charge in [0.1, 0.15) is 0 Å². The van der Waals surface area contributed by atoms with E-state index in [2.05, 4.69) is 69.2 Å². The van der Waals surface area contributed by atoms with Crippen molar-refractivity contribution < 1.29 is 0 Å². The molecule has 2 rings (SSSR count). The molecule has 2 saturated carbocycles. The lowest BCUT2D eigenvalue weighted by Crippen LogP contribution is -2.33. The summed E-state index contributed by atoms with van der Waals surface area (Å²) < 4.78 is 0. The monoisotopic (exact) mass is 559 g/mol. The maximum Gasteiger partial charge on any atom is -0.0323 e. The molecule has 0 radical (unpaired) electrons. The molecule has 0 aromatic rings. The zero-order chi connectivity index (χ0) is 29.8. The molecule has 0 aromatic carbocycles. The molecule has 40 heavy (non-hydrogen) atoms. The molecular weight excluding hydrogens is 480 g/mol. The van der Waals surface area contributed by atoms with Gasteiger partial charge in [-0.2, -0.15) is 0 Å². The summed E-state index contributed by atoms with van der Waals surface area (Å²) in [6.07, 6.45) is 29.2. The molecule has 0 amide bonds. The summed E-state index contributed by atoms with van der Waals surface area (Å²) in [5.74, 6) is 7.49. The van der Waals surface area contributed by atoms with E-state index in [1.165, 1.54) is 128 Å². The summed E-state index contributed by atoms with van der Waals surface area (Å²) in [5.41, 5.74) is 1.15. The Labute approximate surface area is 255 Å². The Hall–Kier alpha value is 0. The van der Waals surface area contributed by atoms with Crippen molar-refractivity contribution in [2.75, 3.05) is 0 Å². The maximum atomic E-state index is 2.54. The smallest absolute Gasteiger partial charge is 0.0323 e. The van der Waals surface area contributed by atoms with Gasteiger partial charge in [-0.05, 0) is 83.9 Å². The summed E-state index contributed by atoms with van der Waals surface area (Å²) in [7, 11) is 0. The lowest BCUT2D eigenvalue weighted by atomic mass is 9.62. The van der Waals surface area contributed by atoms with E-state index in [4.69, 9.17) is 0 Å². The largest absolute Gasteiger partial charge is 0.0625 e. The summed E-state index contributed by atoms with van der Waals surface area (Å²) in [4.78, 5) is 0. The molecule has 0 aromatic heterocycles. The molecule has 0 bridgehead atoms. The fourth-order valence-corrected chi connectivity index (χ4v) is 9.54. The van der Waals surface area contributed by atoms with Crippen LogP contribution in [0.5, 0.6) is 0 Å². The summed E-state index contributed by atoms with van der Waals surface area (Å²) >= 11 is 0. The third-order valence-corrected chi connectivity index (χ3v) is 12.7. The quantitative estimate of drug-likeness (QED) is 0.138. The van der Waals surface area contributed by atoms with Crippen molar-refractivity contribution in [2.45, 2.75) is 198 Å². The molecule has 0 saturated heterocycles. The summed E-state index contributed by atoms with van der Waals surface area (Å²) in [6.45, 7) is 25.3. The van der Waals surface area contributed by atoms with Gasteiger partial charge in [-0.3, -0.25) is 0 Å². The minimum absolute atomic E-state index is 0.576. The van der Waals surface area contributed by atoms with Crippen molar-refractivity contribution >= 4 is 0 Å². The van der Waals surface area contributed by atoms with Crippen LogP contribution in [0.4, 0.5) is 0 Å². The van der Waals surface area contributed by atoms with E-state index in [-0.39, 0.29) is 0 Å². The minimum Gasteiger partial charge on any atom is -0.0625 e. The van der Waals surface area contributed by atoms with Crippen LogP contribution in [0.15, 0.2) is 0 Å². The lowest BCUT2D eigenvalue weighted by molar-refractivity contribution is 0.0705. The first-order chi connectivity index (χ1) is 18.8. The van der Waals surface area contributed by atoms with Crippen LogP contribution in [0.1, 0.15) is 198 Å². The van der Waals surface area contributed by atoms with Crippen molar-refractivity contribution in [2.24, 2.45) is 58.2 Å². The molecule has 238 valence electrons. The summed E-state index contributed by atoms with van der Waals surface area (Å²) in [5, 5.41) is 0. The highest BCUT2D eigenvalue weighted by Crippen LogP contribution is 2.47. The minimum atomic E-state index is 0.576. The van der Waals surface area contributed by atoms with Gasteiger partial charge >= 0.3 is 0 Å². The van der Waals surface area contributed by atoms with Crippen LogP contribution >= 0.6 is 0 Å². The second kappa shape index (κ2) is 18.0. The van der Waals surface area contributed by atoms with Gasteiger partial charge in [0.25, 0.3) is 0 Å². The van der Waals surface area contributed by atoms with Crippen LogP contribution in [0.2, 0.25) is 0 Å². The summed E-state index contributed by atoms with van der Waals surface area (Å²) in [6, 6.07) is 0. The van der Waals surface area contributed by atoms with Crippen molar-refractivity contribution in [1.29, 1.82) is 0 Å². The van der Waals surface area contributed by atoms with Crippen molar-refractivity contribution in [1.82, 2.24) is 0 Å². The Morgan fingerprint density at radius 1 is 0.475 bits per heavy atom. The maximum absolute atomic E-state index is 2.54. The van der Waals surface area contributed by atoms with Crippen molar-refractivity contribution in [3.05, 3.63) is 0 Å². The van der Waals surface area contributed by atoms with E-state index in [9.17, 15) is 0 Å². The Bertz CT molecular complexity index is 586. The van der Waals surface area contributed by atoms with Crippen molar-refractivity contribution in [3.63, 3.8) is 0 Å². The van der Waals surface area contributed by atoms with Gasteiger partial charge in [0, 0.05) is 0 Å². The van der Waals surface area contributed by atoms with Crippen LogP contribution in [-0.4, -0.2) is 0 Å². The molecule has 2 aliphatic rings. The third kappa shape index (κ3) is 13.1. The second-order valence-corrected chi connectivity index (χ2v) is 17.7. The third-order valence-electron chi connectivity index (χ3n) is 12.7. The van der Waals surface area contributed by atoms with Gasteiger partial charge in [-0.15, -0.1) is 0 Å². The molecule has 2 fully saturated rings. The first-order valence-electron chi connectivity index (χ1n) is 18.8. The fraction of sp³-hybridized carbons (Fsp3) is 1.00. The van der Waals surface area contributed by atoms with E-state index < -0.39 is 0 Å². The lowest BCUT2D eigenvalue weighted by Gasteiger charge is -2.43. The molecule has 8 atom stereocenters. The Morgan fingerprint density at radius 2 is 0.775 bits per heavy atom. The van der Waals surface area contributed by atoms with Crippen LogP contribution in [0.25, 0.3) is 0 Å². The zero-order valence-electron chi connectivity index (χ0n) is 29.8.